The number of thioether (sulfide) groups is 1. The van der Waals surface area contributed by atoms with Crippen LogP contribution >= 0.6 is 11.8 Å². The molecule has 1 aromatic rings. The van der Waals surface area contributed by atoms with Gasteiger partial charge in [0, 0.05) is 45.1 Å². The topological polar surface area (TPSA) is 78.4 Å². The molecule has 1 rings (SSSR count). The zero-order chi connectivity index (χ0) is 34.9. The van der Waals surface area contributed by atoms with Crippen LogP contribution in [-0.4, -0.2) is 51.9 Å². The molecule has 7 nitrogen and oxygen atoms in total. The molecular formula is C38H57N5O2S. The van der Waals surface area contributed by atoms with Crippen LogP contribution in [0.5, 0.6) is 0 Å². The van der Waals surface area contributed by atoms with Gasteiger partial charge in [-0.25, -0.2) is 0 Å². The average molecular weight is 648 g/mol. The maximum Gasteiger partial charge on any atom is 0.229 e. The summed E-state index contributed by atoms with van der Waals surface area (Å²) in [6.07, 6.45) is 12.6. The van der Waals surface area contributed by atoms with Crippen molar-refractivity contribution in [3.8, 4) is 0 Å². The van der Waals surface area contributed by atoms with E-state index >= 15 is 0 Å². The molecule has 0 unspecified atom stereocenters. The first kappa shape index (κ1) is 40.4. The van der Waals surface area contributed by atoms with Crippen molar-refractivity contribution in [1.82, 2.24) is 20.0 Å². The van der Waals surface area contributed by atoms with Gasteiger partial charge in [0.2, 0.25) is 11.8 Å². The van der Waals surface area contributed by atoms with E-state index in [4.69, 9.17) is 0 Å². The van der Waals surface area contributed by atoms with Gasteiger partial charge in [-0.2, -0.15) is 5.10 Å². The van der Waals surface area contributed by atoms with Gasteiger partial charge in [0.1, 0.15) is 0 Å². The van der Waals surface area contributed by atoms with Gasteiger partial charge in [-0.3, -0.25) is 9.59 Å². The third-order valence-electron chi connectivity index (χ3n) is 6.96. The largest absolute Gasteiger partial charge is 0.343 e. The number of aryl methyl sites for hydroxylation is 1. The Morgan fingerprint density at radius 2 is 1.70 bits per heavy atom. The number of hydrogen-bond donors (Lipinski definition) is 1. The fourth-order valence-corrected chi connectivity index (χ4v) is 5.39. The first-order chi connectivity index (χ1) is 21.5. The lowest BCUT2D eigenvalue weighted by molar-refractivity contribution is -0.131. The van der Waals surface area contributed by atoms with E-state index in [2.05, 4.69) is 62.6 Å². The summed E-state index contributed by atoms with van der Waals surface area (Å²) in [7, 11) is 1.95. The number of carbonyl (C=O) groups is 2. The monoisotopic (exact) mass is 647 g/mol. The second kappa shape index (κ2) is 20.5. The van der Waals surface area contributed by atoms with E-state index in [1.165, 1.54) is 0 Å². The van der Waals surface area contributed by atoms with Crippen molar-refractivity contribution >= 4 is 29.4 Å². The lowest BCUT2D eigenvalue weighted by Crippen LogP contribution is -2.37. The second-order valence-electron chi connectivity index (χ2n) is 13.0. The second-order valence-corrected chi connectivity index (χ2v) is 14.3. The van der Waals surface area contributed by atoms with E-state index < -0.39 is 0 Å². The summed E-state index contributed by atoms with van der Waals surface area (Å²) in [4.78, 5) is 29.9. The Kier molecular flexibility index (Phi) is 18.0. The van der Waals surface area contributed by atoms with Gasteiger partial charge in [-0.05, 0) is 81.4 Å². The summed E-state index contributed by atoms with van der Waals surface area (Å²) in [5.74, 6) is 0.494. The molecule has 0 fully saturated rings. The molecule has 46 heavy (non-hydrogen) atoms. The molecule has 8 heteroatoms. The highest BCUT2D eigenvalue weighted by Gasteiger charge is 2.20. The van der Waals surface area contributed by atoms with Crippen LogP contribution in [0.1, 0.15) is 92.7 Å². The Balaban J connectivity index is 2.44. The number of aromatic nitrogens is 2. The van der Waals surface area contributed by atoms with Crippen molar-refractivity contribution in [3.05, 3.63) is 101 Å². The average Bonchev–Trinajstić information content (AvgIpc) is 2.96. The number of hydrogen-bond acceptors (Lipinski definition) is 6. The number of nitrogens with zero attached hydrogens (tertiary/aromatic N) is 4. The fraction of sp³-hybridized carbons (Fsp3) is 0.474. The number of amides is 2. The smallest absolute Gasteiger partial charge is 0.229 e. The van der Waals surface area contributed by atoms with Crippen LogP contribution in [0.15, 0.2) is 95.1 Å². The molecule has 0 radical (unpaired) electrons. The molecule has 0 saturated heterocycles. The summed E-state index contributed by atoms with van der Waals surface area (Å²) in [5.41, 5.74) is 4.71. The molecule has 0 atom stereocenters. The lowest BCUT2D eigenvalue weighted by atomic mass is 9.95. The maximum absolute atomic E-state index is 12.8. The Hall–Kier alpha value is -3.65. The molecule has 0 aliphatic heterocycles. The molecular weight excluding hydrogens is 591 g/mol. The van der Waals surface area contributed by atoms with Gasteiger partial charge in [0.15, 0.2) is 5.82 Å². The van der Waals surface area contributed by atoms with Gasteiger partial charge in [-0.15, -0.1) is 5.10 Å². The first-order valence-electron chi connectivity index (χ1n) is 16.0. The summed E-state index contributed by atoms with van der Waals surface area (Å²) >= 11 is 1.56. The Bertz CT molecular complexity index is 1320. The molecule has 0 aliphatic carbocycles. The van der Waals surface area contributed by atoms with Gasteiger partial charge < -0.3 is 15.1 Å². The normalized spacial score (nSPS) is 12.2. The zero-order valence-corrected chi connectivity index (χ0v) is 30.5. The van der Waals surface area contributed by atoms with Crippen LogP contribution in [0.25, 0.3) is 0 Å². The van der Waals surface area contributed by atoms with E-state index in [9.17, 15) is 9.59 Å². The Labute approximate surface area is 283 Å². The van der Waals surface area contributed by atoms with Gasteiger partial charge in [0.05, 0.1) is 10.7 Å². The fourth-order valence-electron chi connectivity index (χ4n) is 4.54. The van der Waals surface area contributed by atoms with Crippen LogP contribution in [0, 0.1) is 5.41 Å². The quantitative estimate of drug-likeness (QED) is 0.112. The lowest BCUT2D eigenvalue weighted by Gasteiger charge is -2.29. The van der Waals surface area contributed by atoms with Gasteiger partial charge in [0.25, 0.3) is 0 Å². The minimum atomic E-state index is -0.109. The number of rotatable bonds is 20. The van der Waals surface area contributed by atoms with Crippen LogP contribution in [0.3, 0.4) is 0 Å². The first-order valence-corrected chi connectivity index (χ1v) is 16.9. The van der Waals surface area contributed by atoms with Crippen LogP contribution < -0.4 is 5.32 Å². The van der Waals surface area contributed by atoms with Crippen LogP contribution in [0.4, 0.5) is 5.82 Å². The van der Waals surface area contributed by atoms with E-state index in [1.807, 2.05) is 74.9 Å². The molecule has 0 bridgehead atoms. The number of unbranched alkanes of at least 4 members (excludes halogenated alkanes) is 1. The molecule has 2 amide bonds. The van der Waals surface area contributed by atoms with E-state index in [0.717, 1.165) is 70.3 Å². The summed E-state index contributed by atoms with van der Waals surface area (Å²) in [6, 6.07) is 3.71. The summed E-state index contributed by atoms with van der Waals surface area (Å²) in [6.45, 7) is 32.7. The highest BCUT2D eigenvalue weighted by Crippen LogP contribution is 2.31. The highest BCUT2D eigenvalue weighted by atomic mass is 32.2. The molecule has 1 heterocycles. The van der Waals surface area contributed by atoms with Crippen molar-refractivity contribution in [2.45, 2.75) is 93.4 Å². The third-order valence-corrected chi connectivity index (χ3v) is 7.96. The van der Waals surface area contributed by atoms with Crippen LogP contribution in [0.2, 0.25) is 0 Å². The third kappa shape index (κ3) is 17.2. The van der Waals surface area contributed by atoms with Crippen molar-refractivity contribution in [2.75, 3.05) is 25.5 Å². The minimum absolute atomic E-state index is 0.0643. The summed E-state index contributed by atoms with van der Waals surface area (Å²) in [5, 5.41) is 12.1. The van der Waals surface area contributed by atoms with E-state index in [-0.39, 0.29) is 17.2 Å². The minimum Gasteiger partial charge on any atom is -0.343 e. The van der Waals surface area contributed by atoms with Crippen molar-refractivity contribution in [3.63, 3.8) is 0 Å². The number of allylic oxidation sites excluding steroid dienone is 6. The molecule has 0 aliphatic rings. The van der Waals surface area contributed by atoms with Crippen molar-refractivity contribution < 1.29 is 9.59 Å². The molecule has 0 saturated carbocycles. The number of nitrogens with one attached hydrogen (secondary N) is 1. The highest BCUT2D eigenvalue weighted by molar-refractivity contribution is 8.06. The Morgan fingerprint density at radius 1 is 1.00 bits per heavy atom. The molecule has 1 N–H and O–H groups in total. The van der Waals surface area contributed by atoms with Crippen LogP contribution in [-0.2, 0) is 16.0 Å². The Morgan fingerprint density at radius 3 is 2.28 bits per heavy atom. The van der Waals surface area contributed by atoms with Crippen molar-refractivity contribution in [1.29, 1.82) is 0 Å². The maximum atomic E-state index is 12.8. The predicted octanol–water partition coefficient (Wildman–Crippen LogP) is 9.38. The van der Waals surface area contributed by atoms with Gasteiger partial charge >= 0.3 is 0 Å². The number of carbonyl (C=O) groups excluding carboxylic acids is 2. The van der Waals surface area contributed by atoms with E-state index in [0.29, 0.717) is 31.6 Å². The van der Waals surface area contributed by atoms with Crippen molar-refractivity contribution in [2.24, 2.45) is 5.41 Å². The molecule has 1 aromatic heterocycles. The molecule has 0 aromatic carbocycles. The predicted molar refractivity (Wildman–Crippen MR) is 198 cm³/mol. The van der Waals surface area contributed by atoms with Gasteiger partial charge in [-0.1, -0.05) is 94.3 Å². The molecule has 252 valence electrons. The summed E-state index contributed by atoms with van der Waals surface area (Å²) < 4.78 is 0. The number of anilines is 1. The molecule has 0 spiro atoms. The standard InChI is InChI=1S/C38H57N5O2S/c1-13-15-18-28(3)25-36(44)39-35-22-21-34(40-41-35)20-17-16-19-32(7)46-33(8)42(12)31(6)24-29(4)23-30(5)26-37(45)43(14-2)27-38(9,10)11/h13,15,18,21-23H,4,6-8,14,16-17,19-20,24-27H2,1-3,5,9-12H3,(H,39,41,44)/b15-13-,28-18+,30-23+. The zero-order valence-electron chi connectivity index (χ0n) is 29.7. The SMILES string of the molecule is C=C(/C=C(\C)CC(=O)N(CC)CC(C)(C)C)CC(=C)N(C)C(=C)SC(=C)CCCCc1ccc(NC(=O)C/C(C)=C/C=C\C)nn1. The van der Waals surface area contributed by atoms with E-state index in [1.54, 1.807) is 17.8 Å².